The standard InChI is InChI=1S/C18H32ClN5O3S/c1-13-15(16(19)23(6)21-13)28(26,27)24-9-7-14(8-10-24)17(25)20-11-18(2,3)12-22(4)5/h14H,7-12H2,1-6H3,(H,20,25). The lowest BCUT2D eigenvalue weighted by molar-refractivity contribution is -0.126. The van der Waals surface area contributed by atoms with Gasteiger partial charge in [0.05, 0.1) is 5.69 Å². The predicted molar refractivity (Wildman–Crippen MR) is 110 cm³/mol. The Balaban J connectivity index is 1.96. The Kier molecular flexibility index (Phi) is 7.17. The molecule has 1 aliphatic heterocycles. The monoisotopic (exact) mass is 433 g/mol. The molecule has 2 rings (SSSR count). The van der Waals surface area contributed by atoms with Crippen LogP contribution in [0.1, 0.15) is 32.4 Å². The molecule has 1 N–H and O–H groups in total. The average molecular weight is 434 g/mol. The van der Waals surface area contributed by atoms with E-state index in [1.54, 1.807) is 14.0 Å². The van der Waals surface area contributed by atoms with Crippen molar-refractivity contribution < 1.29 is 13.2 Å². The van der Waals surface area contributed by atoms with Gasteiger partial charge in [-0.15, -0.1) is 0 Å². The third-order valence-electron chi connectivity index (χ3n) is 5.01. The van der Waals surface area contributed by atoms with Crippen molar-refractivity contribution in [2.45, 2.75) is 38.5 Å². The summed E-state index contributed by atoms with van der Waals surface area (Å²) in [5.41, 5.74) is 0.355. The van der Waals surface area contributed by atoms with Crippen molar-refractivity contribution in [3.05, 3.63) is 10.8 Å². The fraction of sp³-hybridized carbons (Fsp3) is 0.778. The van der Waals surface area contributed by atoms with E-state index in [0.717, 1.165) is 6.54 Å². The second-order valence-corrected chi connectivity index (χ2v) is 10.9. The van der Waals surface area contributed by atoms with Gasteiger partial charge < -0.3 is 10.2 Å². The van der Waals surface area contributed by atoms with Gasteiger partial charge in [-0.2, -0.15) is 9.40 Å². The van der Waals surface area contributed by atoms with Crippen molar-refractivity contribution in [2.75, 3.05) is 40.3 Å². The smallest absolute Gasteiger partial charge is 0.248 e. The Labute approximate surface area is 173 Å². The van der Waals surface area contributed by atoms with Crippen LogP contribution in [-0.2, 0) is 21.9 Å². The number of aryl methyl sites for hydroxylation is 2. The molecule has 1 aromatic rings. The average Bonchev–Trinajstić information content (AvgIpc) is 2.84. The van der Waals surface area contributed by atoms with Gasteiger partial charge in [0.2, 0.25) is 15.9 Å². The largest absolute Gasteiger partial charge is 0.355 e. The number of nitrogens with one attached hydrogen (secondary N) is 1. The summed E-state index contributed by atoms with van der Waals surface area (Å²) in [5, 5.41) is 7.24. The summed E-state index contributed by atoms with van der Waals surface area (Å²) in [6.07, 6.45) is 0.992. The van der Waals surface area contributed by atoms with Gasteiger partial charge in [0, 0.05) is 39.1 Å². The van der Waals surface area contributed by atoms with Crippen LogP contribution in [0.2, 0.25) is 5.15 Å². The number of halogens is 1. The summed E-state index contributed by atoms with van der Waals surface area (Å²) < 4.78 is 28.7. The Hall–Kier alpha value is -1.16. The number of rotatable bonds is 7. The first-order valence-corrected chi connectivity index (χ1v) is 11.3. The number of carbonyl (C=O) groups excluding carboxylic acids is 1. The molecule has 0 bridgehead atoms. The Morgan fingerprint density at radius 2 is 1.89 bits per heavy atom. The number of hydrogen-bond acceptors (Lipinski definition) is 5. The third-order valence-corrected chi connectivity index (χ3v) is 7.60. The maximum Gasteiger partial charge on any atom is 0.248 e. The van der Waals surface area contributed by atoms with Crippen LogP contribution >= 0.6 is 11.6 Å². The van der Waals surface area contributed by atoms with Crippen LogP contribution in [0.5, 0.6) is 0 Å². The minimum absolute atomic E-state index is 0.000491. The van der Waals surface area contributed by atoms with Gasteiger partial charge in [-0.1, -0.05) is 25.4 Å². The molecule has 0 unspecified atom stereocenters. The van der Waals surface area contributed by atoms with Crippen LogP contribution in [0.3, 0.4) is 0 Å². The predicted octanol–water partition coefficient (Wildman–Crippen LogP) is 1.49. The molecule has 0 radical (unpaired) electrons. The third kappa shape index (κ3) is 5.25. The lowest BCUT2D eigenvalue weighted by Crippen LogP contribution is -2.46. The maximum atomic E-state index is 13.0. The highest BCUT2D eigenvalue weighted by Gasteiger charge is 2.36. The van der Waals surface area contributed by atoms with E-state index in [1.165, 1.54) is 8.99 Å². The fourth-order valence-electron chi connectivity index (χ4n) is 3.77. The highest BCUT2D eigenvalue weighted by Crippen LogP contribution is 2.30. The van der Waals surface area contributed by atoms with E-state index < -0.39 is 10.0 Å². The first-order valence-electron chi connectivity index (χ1n) is 9.47. The number of amides is 1. The molecule has 1 aliphatic rings. The number of sulfonamides is 1. The molecule has 1 saturated heterocycles. The van der Waals surface area contributed by atoms with Crippen molar-refractivity contribution in [3.8, 4) is 0 Å². The van der Waals surface area contributed by atoms with Gasteiger partial charge in [-0.25, -0.2) is 8.42 Å². The molecule has 0 atom stereocenters. The molecule has 10 heteroatoms. The molecule has 1 fully saturated rings. The molecule has 0 saturated carbocycles. The van der Waals surface area contributed by atoms with E-state index in [-0.39, 0.29) is 27.3 Å². The Morgan fingerprint density at radius 3 is 2.36 bits per heavy atom. The van der Waals surface area contributed by atoms with E-state index in [2.05, 4.69) is 29.2 Å². The van der Waals surface area contributed by atoms with Crippen molar-refractivity contribution in [1.29, 1.82) is 0 Å². The summed E-state index contributed by atoms with van der Waals surface area (Å²) in [5.74, 6) is -0.174. The quantitative estimate of drug-likeness (QED) is 0.703. The van der Waals surface area contributed by atoms with Gasteiger partial charge in [0.1, 0.15) is 10.0 Å². The second-order valence-electron chi connectivity index (χ2n) is 8.63. The van der Waals surface area contributed by atoms with Crippen LogP contribution in [0.25, 0.3) is 0 Å². The molecule has 0 spiro atoms. The summed E-state index contributed by atoms with van der Waals surface area (Å²) >= 11 is 6.14. The molecule has 1 aromatic heterocycles. The van der Waals surface area contributed by atoms with Crippen molar-refractivity contribution in [1.82, 2.24) is 24.3 Å². The molecule has 0 aliphatic carbocycles. The molecule has 8 nitrogen and oxygen atoms in total. The molecule has 1 amide bonds. The fourth-order valence-corrected chi connectivity index (χ4v) is 5.95. The molecule has 0 aromatic carbocycles. The Bertz CT molecular complexity index is 811. The van der Waals surface area contributed by atoms with Crippen LogP contribution in [-0.4, -0.2) is 73.6 Å². The van der Waals surface area contributed by atoms with Crippen molar-refractivity contribution >= 4 is 27.5 Å². The number of carbonyl (C=O) groups is 1. The molecular formula is C18H32ClN5O3S. The zero-order chi connectivity index (χ0) is 21.3. The van der Waals surface area contributed by atoms with E-state index >= 15 is 0 Å². The Morgan fingerprint density at radius 1 is 1.32 bits per heavy atom. The van der Waals surface area contributed by atoms with E-state index in [4.69, 9.17) is 11.6 Å². The molecule has 160 valence electrons. The number of aromatic nitrogens is 2. The highest BCUT2D eigenvalue weighted by atomic mass is 35.5. The van der Waals surface area contributed by atoms with Gasteiger partial charge >= 0.3 is 0 Å². The van der Waals surface area contributed by atoms with Gasteiger partial charge in [0.25, 0.3) is 0 Å². The van der Waals surface area contributed by atoms with Gasteiger partial charge in [0.15, 0.2) is 0 Å². The second kappa shape index (κ2) is 8.69. The number of nitrogens with zero attached hydrogens (tertiary/aromatic N) is 4. The van der Waals surface area contributed by atoms with Gasteiger partial charge in [-0.05, 0) is 39.3 Å². The zero-order valence-corrected chi connectivity index (χ0v) is 19.2. The lowest BCUT2D eigenvalue weighted by Gasteiger charge is -2.32. The van der Waals surface area contributed by atoms with Crippen molar-refractivity contribution in [2.24, 2.45) is 18.4 Å². The molecular weight excluding hydrogens is 402 g/mol. The minimum atomic E-state index is -3.72. The normalized spacial score (nSPS) is 17.3. The first kappa shape index (κ1) is 23.1. The van der Waals surface area contributed by atoms with Crippen LogP contribution < -0.4 is 5.32 Å². The summed E-state index contributed by atoms with van der Waals surface area (Å²) in [7, 11) is 1.91. The molecule has 2 heterocycles. The van der Waals surface area contributed by atoms with Crippen molar-refractivity contribution in [3.63, 3.8) is 0 Å². The summed E-state index contributed by atoms with van der Waals surface area (Å²) in [6.45, 7) is 7.92. The molecule has 28 heavy (non-hydrogen) atoms. The van der Waals surface area contributed by atoms with E-state index in [1.807, 2.05) is 14.1 Å². The van der Waals surface area contributed by atoms with E-state index in [9.17, 15) is 13.2 Å². The summed E-state index contributed by atoms with van der Waals surface area (Å²) in [4.78, 5) is 14.7. The first-order chi connectivity index (χ1) is 12.8. The summed E-state index contributed by atoms with van der Waals surface area (Å²) in [6, 6.07) is 0. The topological polar surface area (TPSA) is 87.5 Å². The van der Waals surface area contributed by atoms with E-state index in [0.29, 0.717) is 38.2 Å². The number of piperidine rings is 1. The van der Waals surface area contributed by atoms with Crippen LogP contribution in [0, 0.1) is 18.3 Å². The van der Waals surface area contributed by atoms with Crippen LogP contribution in [0.4, 0.5) is 0 Å². The zero-order valence-electron chi connectivity index (χ0n) is 17.6. The minimum Gasteiger partial charge on any atom is -0.355 e. The van der Waals surface area contributed by atoms with Crippen LogP contribution in [0.15, 0.2) is 4.90 Å². The SMILES string of the molecule is Cc1nn(C)c(Cl)c1S(=O)(=O)N1CCC(C(=O)NCC(C)(C)CN(C)C)CC1. The highest BCUT2D eigenvalue weighted by molar-refractivity contribution is 7.89. The van der Waals surface area contributed by atoms with Gasteiger partial charge in [-0.3, -0.25) is 9.48 Å². The maximum absolute atomic E-state index is 13.0. The number of hydrogen-bond donors (Lipinski definition) is 1. The lowest BCUT2D eigenvalue weighted by atomic mass is 9.91.